The number of hydrogen-bond acceptors (Lipinski definition) is 5. The van der Waals surface area contributed by atoms with E-state index in [1.165, 1.54) is 23.5 Å². The van der Waals surface area contributed by atoms with E-state index in [0.717, 1.165) is 0 Å². The van der Waals surface area contributed by atoms with Crippen molar-refractivity contribution in [3.63, 3.8) is 0 Å². The summed E-state index contributed by atoms with van der Waals surface area (Å²) < 4.78 is 1.39. The van der Waals surface area contributed by atoms with Gasteiger partial charge in [-0.3, -0.25) is 15.0 Å². The van der Waals surface area contributed by atoms with E-state index in [0.29, 0.717) is 17.6 Å². The van der Waals surface area contributed by atoms with E-state index >= 15 is 0 Å². The molecule has 0 radical (unpaired) electrons. The molecule has 94 valence electrons. The molecule has 2 aromatic heterocycles. The summed E-state index contributed by atoms with van der Waals surface area (Å²) in [5, 5.41) is 8.46. The number of imidazole rings is 1. The van der Waals surface area contributed by atoms with Gasteiger partial charge in [-0.15, -0.1) is 0 Å². The minimum absolute atomic E-state index is 0.0275. The van der Waals surface area contributed by atoms with Crippen molar-refractivity contribution in [3.05, 3.63) is 18.9 Å². The highest BCUT2D eigenvalue weighted by molar-refractivity contribution is 5.85. The highest BCUT2D eigenvalue weighted by Gasteiger charge is 2.07. The fourth-order valence-corrected chi connectivity index (χ4v) is 1.44. The van der Waals surface area contributed by atoms with E-state index in [-0.39, 0.29) is 18.7 Å². The minimum atomic E-state index is -0.913. The van der Waals surface area contributed by atoms with Gasteiger partial charge in [0, 0.05) is 12.8 Å². The summed E-state index contributed by atoms with van der Waals surface area (Å²) in [5.74, 6) is -1.20. The summed E-state index contributed by atoms with van der Waals surface area (Å²) in [6, 6.07) is 0. The second-order valence-corrected chi connectivity index (χ2v) is 3.63. The number of fused-ring (bicyclic) bond motifs is 1. The molecule has 2 N–H and O–H groups in total. The minimum Gasteiger partial charge on any atom is -0.481 e. The summed E-state index contributed by atoms with van der Waals surface area (Å²) >= 11 is 0. The molecule has 0 atom stereocenters. The maximum Gasteiger partial charge on any atom is 0.303 e. The van der Waals surface area contributed by atoms with Crippen molar-refractivity contribution in [2.24, 2.45) is 0 Å². The first kappa shape index (κ1) is 12.0. The maximum atomic E-state index is 11.5. The van der Waals surface area contributed by atoms with Crippen LogP contribution in [0.3, 0.4) is 0 Å². The van der Waals surface area contributed by atoms with Gasteiger partial charge >= 0.3 is 5.97 Å². The van der Waals surface area contributed by atoms with Crippen molar-refractivity contribution >= 4 is 23.0 Å². The van der Waals surface area contributed by atoms with E-state index in [1.54, 1.807) is 0 Å². The van der Waals surface area contributed by atoms with Crippen molar-refractivity contribution in [2.75, 3.05) is 5.43 Å². The van der Waals surface area contributed by atoms with Gasteiger partial charge in [0.15, 0.2) is 5.65 Å². The third-order valence-electron chi connectivity index (χ3n) is 2.25. The van der Waals surface area contributed by atoms with Gasteiger partial charge < -0.3 is 5.11 Å². The number of carbonyl (C=O) groups is 2. The zero-order valence-electron chi connectivity index (χ0n) is 9.41. The third kappa shape index (κ3) is 2.78. The maximum absolute atomic E-state index is 11.5. The molecule has 0 bridgehead atoms. The van der Waals surface area contributed by atoms with Gasteiger partial charge in [0.25, 0.3) is 0 Å². The van der Waals surface area contributed by atoms with Crippen molar-refractivity contribution in [1.29, 1.82) is 0 Å². The van der Waals surface area contributed by atoms with Crippen molar-refractivity contribution in [3.8, 4) is 0 Å². The first-order chi connectivity index (χ1) is 8.66. The standard InChI is InChI=1S/C10H11N5O3/c16-8(2-1-3-9(17)18)14-15-6-13-7-4-11-5-12-10(7)15/h4-6H,1-3H2,(H,14,16)(H,17,18). The number of nitrogens with zero attached hydrogens (tertiary/aromatic N) is 4. The van der Waals surface area contributed by atoms with Gasteiger partial charge in [-0.05, 0) is 6.42 Å². The van der Waals surface area contributed by atoms with Crippen molar-refractivity contribution < 1.29 is 14.7 Å². The zero-order chi connectivity index (χ0) is 13.0. The van der Waals surface area contributed by atoms with Crippen molar-refractivity contribution in [2.45, 2.75) is 19.3 Å². The molecule has 0 aromatic carbocycles. The van der Waals surface area contributed by atoms with Crippen LogP contribution in [0, 0.1) is 0 Å². The quantitative estimate of drug-likeness (QED) is 0.780. The summed E-state index contributed by atoms with van der Waals surface area (Å²) in [4.78, 5) is 33.7. The van der Waals surface area contributed by atoms with Gasteiger partial charge in [-0.2, -0.15) is 0 Å². The highest BCUT2D eigenvalue weighted by Crippen LogP contribution is 2.05. The second kappa shape index (κ2) is 5.21. The molecule has 1 amide bonds. The van der Waals surface area contributed by atoms with Gasteiger partial charge in [-0.1, -0.05) is 0 Å². The predicted molar refractivity (Wildman–Crippen MR) is 61.2 cm³/mol. The summed E-state index contributed by atoms with van der Waals surface area (Å²) in [5.41, 5.74) is 3.64. The number of amides is 1. The van der Waals surface area contributed by atoms with Crippen LogP contribution in [0.4, 0.5) is 0 Å². The van der Waals surface area contributed by atoms with Crippen LogP contribution >= 0.6 is 0 Å². The molecule has 0 aliphatic rings. The first-order valence-electron chi connectivity index (χ1n) is 5.31. The monoisotopic (exact) mass is 249 g/mol. The van der Waals surface area contributed by atoms with Crippen LogP contribution in [0.2, 0.25) is 0 Å². The molecule has 0 unspecified atom stereocenters. The van der Waals surface area contributed by atoms with Gasteiger partial charge in [0.2, 0.25) is 5.91 Å². The van der Waals surface area contributed by atoms with Crippen LogP contribution in [0.15, 0.2) is 18.9 Å². The Morgan fingerprint density at radius 1 is 1.33 bits per heavy atom. The van der Waals surface area contributed by atoms with E-state index in [9.17, 15) is 9.59 Å². The lowest BCUT2D eigenvalue weighted by Crippen LogP contribution is -2.22. The topological polar surface area (TPSA) is 110 Å². The highest BCUT2D eigenvalue weighted by atomic mass is 16.4. The van der Waals surface area contributed by atoms with E-state index < -0.39 is 5.97 Å². The van der Waals surface area contributed by atoms with Crippen molar-refractivity contribution in [1.82, 2.24) is 19.6 Å². The molecule has 0 spiro atoms. The fraction of sp³-hybridized carbons (Fsp3) is 0.300. The zero-order valence-corrected chi connectivity index (χ0v) is 9.41. The largest absolute Gasteiger partial charge is 0.481 e. The average molecular weight is 249 g/mol. The number of nitrogens with one attached hydrogen (secondary N) is 1. The summed E-state index contributed by atoms with van der Waals surface area (Å²) in [6.45, 7) is 0. The molecule has 8 nitrogen and oxygen atoms in total. The third-order valence-corrected chi connectivity index (χ3v) is 2.25. The van der Waals surface area contributed by atoms with E-state index in [2.05, 4.69) is 20.4 Å². The number of carboxylic acids is 1. The molecule has 2 aromatic rings. The molecule has 0 aliphatic heterocycles. The lowest BCUT2D eigenvalue weighted by molar-refractivity contribution is -0.137. The molecule has 0 aliphatic carbocycles. The first-order valence-corrected chi connectivity index (χ1v) is 5.31. The molecule has 8 heteroatoms. The molecule has 0 fully saturated rings. The SMILES string of the molecule is O=C(O)CCCC(=O)Nn1cnc2cncnc21. The number of aliphatic carboxylic acids is 1. The van der Waals surface area contributed by atoms with Crippen LogP contribution in [-0.2, 0) is 9.59 Å². The number of hydrogen-bond donors (Lipinski definition) is 2. The van der Waals surface area contributed by atoms with E-state index in [4.69, 9.17) is 5.11 Å². The Morgan fingerprint density at radius 2 is 2.17 bits per heavy atom. The molecular formula is C10H11N5O3. The Labute approximate surface area is 102 Å². The van der Waals surface area contributed by atoms with Gasteiger partial charge in [-0.25, -0.2) is 19.6 Å². The average Bonchev–Trinajstić information content (AvgIpc) is 2.72. The smallest absolute Gasteiger partial charge is 0.303 e. The second-order valence-electron chi connectivity index (χ2n) is 3.63. The summed E-state index contributed by atoms with van der Waals surface area (Å²) in [7, 11) is 0. The van der Waals surface area contributed by atoms with Crippen LogP contribution in [-0.4, -0.2) is 36.6 Å². The normalized spacial score (nSPS) is 10.4. The Balaban J connectivity index is 1.97. The molecule has 2 heterocycles. The fourth-order valence-electron chi connectivity index (χ4n) is 1.44. The molecule has 18 heavy (non-hydrogen) atoms. The van der Waals surface area contributed by atoms with Crippen LogP contribution < -0.4 is 5.43 Å². The lowest BCUT2D eigenvalue weighted by Gasteiger charge is -2.05. The number of rotatable bonds is 5. The van der Waals surface area contributed by atoms with Crippen LogP contribution in [0.1, 0.15) is 19.3 Å². The van der Waals surface area contributed by atoms with Crippen LogP contribution in [0.5, 0.6) is 0 Å². The molecule has 0 saturated heterocycles. The Kier molecular flexibility index (Phi) is 3.46. The predicted octanol–water partition coefficient (Wildman–Crippen LogP) is 0.151. The van der Waals surface area contributed by atoms with Gasteiger partial charge in [0.1, 0.15) is 18.2 Å². The lowest BCUT2D eigenvalue weighted by atomic mass is 10.2. The van der Waals surface area contributed by atoms with Crippen LogP contribution in [0.25, 0.3) is 11.2 Å². The molecule has 2 rings (SSSR count). The number of carboxylic acid groups (broad SMARTS) is 1. The molecule has 0 saturated carbocycles. The Bertz CT molecular complexity index is 580. The summed E-state index contributed by atoms with van der Waals surface area (Å²) in [6.07, 6.45) is 4.72. The number of aromatic nitrogens is 4. The molecular weight excluding hydrogens is 238 g/mol. The Hall–Kier alpha value is -2.51. The number of carbonyl (C=O) groups excluding carboxylic acids is 1. The van der Waals surface area contributed by atoms with E-state index in [1.807, 2.05) is 0 Å². The van der Waals surface area contributed by atoms with Gasteiger partial charge in [0.05, 0.1) is 6.20 Å². The Morgan fingerprint density at radius 3 is 2.94 bits per heavy atom.